The highest BCUT2D eigenvalue weighted by atomic mass is 35.5. The van der Waals surface area contributed by atoms with E-state index < -0.39 is 47.9 Å². The number of halogens is 1. The number of cyclic esters (lactones) is 1. The number of ketones is 1. The van der Waals surface area contributed by atoms with Crippen LogP contribution < -0.4 is 0 Å². The first kappa shape index (κ1) is 41.2. The highest BCUT2D eigenvalue weighted by molar-refractivity contribution is 6.31. The minimum atomic E-state index is -1.53. The monoisotopic (exact) mass is 734 g/mol. The predicted molar refractivity (Wildman–Crippen MR) is 194 cm³/mol. The molecule has 1 aromatic carbocycles. The number of rotatable bonds is 6. The molecule has 0 radical (unpaired) electrons. The number of esters is 1. The van der Waals surface area contributed by atoms with Crippen LogP contribution in [0.1, 0.15) is 71.2 Å². The molecule has 13 heteroatoms. The van der Waals surface area contributed by atoms with Crippen LogP contribution in [-0.2, 0) is 33.3 Å². The number of hydrogen-bond acceptors (Lipinski definition) is 10. The molecule has 0 aromatic heterocycles. The van der Waals surface area contributed by atoms with E-state index in [9.17, 15) is 19.2 Å². The fourth-order valence-corrected chi connectivity index (χ4v) is 7.98. The van der Waals surface area contributed by atoms with Gasteiger partial charge in [0.25, 0.3) is 5.91 Å². The fraction of sp³-hybridized carbons (Fsp3) is 0.737. The van der Waals surface area contributed by atoms with Crippen molar-refractivity contribution >= 4 is 35.2 Å². The second kappa shape index (κ2) is 17.5. The fourth-order valence-electron chi connectivity index (χ4n) is 7.79. The summed E-state index contributed by atoms with van der Waals surface area (Å²) in [7, 11) is 7.55. The molecule has 3 aliphatic heterocycles. The van der Waals surface area contributed by atoms with Gasteiger partial charge >= 0.3 is 5.97 Å². The largest absolute Gasteiger partial charge is 0.460 e. The van der Waals surface area contributed by atoms with E-state index in [1.54, 1.807) is 68.9 Å². The Kier molecular flexibility index (Phi) is 14.1. The van der Waals surface area contributed by atoms with Gasteiger partial charge in [0.1, 0.15) is 17.6 Å². The lowest BCUT2D eigenvalue weighted by Crippen LogP contribution is -2.59. The summed E-state index contributed by atoms with van der Waals surface area (Å²) in [5.74, 6) is -2.09. The summed E-state index contributed by atoms with van der Waals surface area (Å²) in [6.07, 6.45) is -0.572. The molecule has 0 N–H and O–H groups in total. The van der Waals surface area contributed by atoms with Crippen LogP contribution in [0.15, 0.2) is 24.3 Å². The van der Waals surface area contributed by atoms with Gasteiger partial charge in [-0.15, -0.1) is 0 Å². The lowest BCUT2D eigenvalue weighted by atomic mass is 9.78. The zero-order valence-corrected chi connectivity index (χ0v) is 32.9. The topological polar surface area (TPSA) is 118 Å². The molecule has 3 fully saturated rings. The highest BCUT2D eigenvalue weighted by Crippen LogP contribution is 2.34. The van der Waals surface area contributed by atoms with Crippen molar-refractivity contribution in [2.24, 2.45) is 17.3 Å². The summed E-state index contributed by atoms with van der Waals surface area (Å²) in [5.41, 5.74) is -1.03. The van der Waals surface area contributed by atoms with Crippen molar-refractivity contribution in [1.82, 2.24) is 19.6 Å². The average molecular weight is 735 g/mol. The molecule has 286 valence electrons. The zero-order valence-electron chi connectivity index (χ0n) is 32.1. The number of carbonyl (C=O) groups is 4. The summed E-state index contributed by atoms with van der Waals surface area (Å²) >= 11 is 6.11. The predicted octanol–water partition coefficient (Wildman–Crippen LogP) is 3.98. The van der Waals surface area contributed by atoms with Gasteiger partial charge in [-0.25, -0.2) is 0 Å². The van der Waals surface area contributed by atoms with Crippen LogP contribution in [0.3, 0.4) is 0 Å². The summed E-state index contributed by atoms with van der Waals surface area (Å²) in [5, 5.41) is 0.485. The maximum absolute atomic E-state index is 14.3. The summed E-state index contributed by atoms with van der Waals surface area (Å²) in [4.78, 5) is 63.1. The summed E-state index contributed by atoms with van der Waals surface area (Å²) in [6, 6.07) is 6.26. The number of piperazine rings is 1. The SMILES string of the molecule is CO[C@@H]1C[C@@H](C)CN(C)[C@@H](C(=O)N2CCN(C(=O)c3cccc(Cl)c3)CC2)[C@H](C)OC(=O)C(C)(C)C(=O)[C@H](C)[C@H]1O[C@H]1C[C@@H](N(C)C)C[C@@H](C)O1. The van der Waals surface area contributed by atoms with Crippen LogP contribution in [0.25, 0.3) is 0 Å². The first-order valence-electron chi connectivity index (χ1n) is 18.2. The van der Waals surface area contributed by atoms with E-state index in [1.165, 1.54) is 0 Å². The van der Waals surface area contributed by atoms with Crippen LogP contribution in [0.5, 0.6) is 0 Å². The molecule has 0 bridgehead atoms. The van der Waals surface area contributed by atoms with Gasteiger partial charge in [-0.1, -0.05) is 31.5 Å². The first-order chi connectivity index (χ1) is 23.9. The molecule has 3 saturated heterocycles. The quantitative estimate of drug-likeness (QED) is 0.314. The highest BCUT2D eigenvalue weighted by Gasteiger charge is 2.48. The lowest BCUT2D eigenvalue weighted by molar-refractivity contribution is -0.246. The van der Waals surface area contributed by atoms with Gasteiger partial charge in [0.2, 0.25) is 5.91 Å². The Morgan fingerprint density at radius 2 is 1.63 bits per heavy atom. The Balaban J connectivity index is 1.56. The number of methoxy groups -OCH3 is 1. The van der Waals surface area contributed by atoms with Crippen molar-refractivity contribution in [3.63, 3.8) is 0 Å². The standard InChI is InChI=1S/C38H59ClN4O8/c1-23-18-30(48-10)33(51-31-21-29(40(7)8)19-24(2)49-31)25(3)34(44)38(5,6)37(47)50-26(4)32(41(9)22-23)36(46)43-16-14-42(15-17-43)35(45)27-12-11-13-28(39)20-27/h11-13,20,23-26,29-33H,14-19,21-22H2,1-10H3/t23-,24-,25-,26+,29+,30-,31+,32-,33-/m1/s1. The summed E-state index contributed by atoms with van der Waals surface area (Å²) in [6.45, 7) is 12.6. The van der Waals surface area contributed by atoms with Crippen molar-refractivity contribution in [2.45, 2.75) is 104 Å². The third kappa shape index (κ3) is 9.88. The Morgan fingerprint density at radius 1 is 0.980 bits per heavy atom. The first-order valence-corrected chi connectivity index (χ1v) is 18.6. The molecule has 0 spiro atoms. The van der Waals surface area contributed by atoms with Gasteiger partial charge in [-0.05, 0) is 85.8 Å². The van der Waals surface area contributed by atoms with Crippen LogP contribution >= 0.6 is 11.6 Å². The molecule has 3 aliphatic rings. The van der Waals surface area contributed by atoms with Crippen LogP contribution in [-0.4, -0.2) is 147 Å². The van der Waals surface area contributed by atoms with Crippen molar-refractivity contribution in [1.29, 1.82) is 0 Å². The maximum atomic E-state index is 14.3. The van der Waals surface area contributed by atoms with E-state index in [2.05, 4.69) is 11.8 Å². The Bertz CT molecular complexity index is 1390. The van der Waals surface area contributed by atoms with E-state index in [4.69, 9.17) is 30.5 Å². The number of nitrogens with zero attached hydrogens (tertiary/aromatic N) is 4. The third-order valence-electron chi connectivity index (χ3n) is 10.8. The van der Waals surface area contributed by atoms with Gasteiger partial charge < -0.3 is 33.6 Å². The Labute approximate surface area is 309 Å². The van der Waals surface area contributed by atoms with Gasteiger partial charge in [0.05, 0.1) is 18.3 Å². The molecule has 2 amide bonds. The number of hydrogen-bond donors (Lipinski definition) is 0. The minimum Gasteiger partial charge on any atom is -0.460 e. The number of carbonyl (C=O) groups excluding carboxylic acids is 4. The molecular formula is C38H59ClN4O8. The molecule has 9 atom stereocenters. The van der Waals surface area contributed by atoms with Gasteiger partial charge in [0, 0.05) is 68.8 Å². The van der Waals surface area contributed by atoms with E-state index in [0.29, 0.717) is 56.2 Å². The zero-order chi connectivity index (χ0) is 37.8. The van der Waals surface area contributed by atoms with Crippen LogP contribution in [0.4, 0.5) is 0 Å². The molecule has 12 nitrogen and oxygen atoms in total. The number of benzene rings is 1. The number of ether oxygens (including phenoxy) is 4. The molecule has 0 saturated carbocycles. The average Bonchev–Trinajstić information content (AvgIpc) is 3.08. The molecule has 51 heavy (non-hydrogen) atoms. The van der Waals surface area contributed by atoms with Crippen molar-refractivity contribution in [2.75, 3.05) is 61.0 Å². The van der Waals surface area contributed by atoms with Gasteiger partial charge in [-0.2, -0.15) is 0 Å². The summed E-state index contributed by atoms with van der Waals surface area (Å²) < 4.78 is 25.0. The van der Waals surface area contributed by atoms with E-state index in [0.717, 1.165) is 6.42 Å². The lowest BCUT2D eigenvalue weighted by Gasteiger charge is -2.41. The van der Waals surface area contributed by atoms with Gasteiger partial charge in [0.15, 0.2) is 12.1 Å². The van der Waals surface area contributed by atoms with Crippen molar-refractivity contribution in [3.05, 3.63) is 34.9 Å². The maximum Gasteiger partial charge on any atom is 0.319 e. The van der Waals surface area contributed by atoms with E-state index in [1.807, 2.05) is 33.0 Å². The second-order valence-corrected chi connectivity index (χ2v) is 16.0. The third-order valence-corrected chi connectivity index (χ3v) is 11.1. The number of Topliss-reactive ketones (excluding diaryl/α,β-unsaturated/α-hetero) is 1. The Hall–Kier alpha value is -2.61. The van der Waals surface area contributed by atoms with Crippen molar-refractivity contribution < 1.29 is 38.1 Å². The molecule has 0 unspecified atom stereocenters. The molecular weight excluding hydrogens is 676 g/mol. The molecule has 3 heterocycles. The van der Waals surface area contributed by atoms with E-state index in [-0.39, 0.29) is 35.7 Å². The number of amides is 2. The molecule has 4 rings (SSSR count). The second-order valence-electron chi connectivity index (χ2n) is 15.6. The van der Waals surface area contributed by atoms with Crippen molar-refractivity contribution in [3.8, 4) is 0 Å². The normalized spacial score (nSPS) is 33.2. The van der Waals surface area contributed by atoms with Crippen LogP contribution in [0, 0.1) is 17.3 Å². The van der Waals surface area contributed by atoms with E-state index >= 15 is 0 Å². The molecule has 0 aliphatic carbocycles. The number of likely N-dealkylation sites (N-methyl/N-ethyl adjacent to an activating group) is 1. The van der Waals surface area contributed by atoms with Crippen LogP contribution in [0.2, 0.25) is 5.02 Å². The minimum absolute atomic E-state index is 0.00760. The van der Waals surface area contributed by atoms with Gasteiger partial charge in [-0.3, -0.25) is 24.1 Å². The molecule has 1 aromatic rings. The smallest absolute Gasteiger partial charge is 0.319 e. The Morgan fingerprint density at radius 3 is 2.24 bits per heavy atom.